The first kappa shape index (κ1) is 9.22. The van der Waals surface area contributed by atoms with Gasteiger partial charge in [-0.05, 0) is 6.42 Å². The van der Waals surface area contributed by atoms with Crippen LogP contribution in [0.2, 0.25) is 0 Å². The number of aromatic amines is 1. The first-order chi connectivity index (χ1) is 7.81. The third kappa shape index (κ3) is 1.12. The number of hydrogen-bond acceptors (Lipinski definition) is 5. The molecule has 82 valence electrons. The molecular formula is C9H11N7. The second-order valence-electron chi connectivity index (χ2n) is 3.61. The van der Waals surface area contributed by atoms with Gasteiger partial charge in [-0.25, -0.2) is 9.97 Å². The number of nitrogens with two attached hydrogens (primary N) is 1. The predicted molar refractivity (Wildman–Crippen MR) is 57.7 cm³/mol. The van der Waals surface area contributed by atoms with E-state index in [9.17, 15) is 0 Å². The normalized spacial score (nSPS) is 13.6. The zero-order chi connectivity index (χ0) is 11.1. The SMILES string of the molecule is CCC(N)c1nnc2c3[nH]cnc3ncn12. The first-order valence-electron chi connectivity index (χ1n) is 5.09. The molecule has 3 rings (SSSR count). The first-order valence-corrected chi connectivity index (χ1v) is 5.09. The monoisotopic (exact) mass is 217 g/mol. The quantitative estimate of drug-likeness (QED) is 0.647. The Morgan fingerprint density at radius 2 is 2.31 bits per heavy atom. The summed E-state index contributed by atoms with van der Waals surface area (Å²) in [6.45, 7) is 2.01. The van der Waals surface area contributed by atoms with Crippen LogP contribution in [0.25, 0.3) is 16.8 Å². The highest BCUT2D eigenvalue weighted by atomic mass is 15.3. The summed E-state index contributed by atoms with van der Waals surface area (Å²) in [5.74, 6) is 0.724. The summed E-state index contributed by atoms with van der Waals surface area (Å²) in [5, 5.41) is 8.21. The van der Waals surface area contributed by atoms with Crippen LogP contribution in [0.15, 0.2) is 12.7 Å². The fourth-order valence-electron chi connectivity index (χ4n) is 1.69. The molecule has 0 radical (unpaired) electrons. The number of H-pyrrole nitrogens is 1. The molecule has 0 saturated carbocycles. The Bertz CT molecular complexity index is 637. The van der Waals surface area contributed by atoms with Crippen molar-refractivity contribution in [1.29, 1.82) is 0 Å². The molecule has 0 aliphatic rings. The third-order valence-corrected chi connectivity index (χ3v) is 2.63. The van der Waals surface area contributed by atoms with Crippen LogP contribution in [0.3, 0.4) is 0 Å². The molecular weight excluding hydrogens is 206 g/mol. The summed E-state index contributed by atoms with van der Waals surface area (Å²) in [6.07, 6.45) is 4.05. The molecule has 7 heteroatoms. The van der Waals surface area contributed by atoms with E-state index in [0.717, 1.165) is 17.8 Å². The fourth-order valence-corrected chi connectivity index (χ4v) is 1.69. The Hall–Kier alpha value is -2.02. The predicted octanol–water partition coefficient (Wildman–Crippen LogP) is 0.410. The van der Waals surface area contributed by atoms with E-state index < -0.39 is 0 Å². The van der Waals surface area contributed by atoms with Crippen LogP contribution in [-0.2, 0) is 0 Å². The molecule has 0 bridgehead atoms. The molecule has 16 heavy (non-hydrogen) atoms. The number of nitrogens with zero attached hydrogens (tertiary/aromatic N) is 5. The van der Waals surface area contributed by atoms with E-state index in [0.29, 0.717) is 11.3 Å². The molecule has 0 fully saturated rings. The molecule has 1 unspecified atom stereocenters. The highest BCUT2D eigenvalue weighted by Crippen LogP contribution is 2.16. The van der Waals surface area contributed by atoms with Gasteiger partial charge in [-0.3, -0.25) is 4.40 Å². The van der Waals surface area contributed by atoms with Crippen molar-refractivity contribution in [3.63, 3.8) is 0 Å². The maximum Gasteiger partial charge on any atom is 0.189 e. The van der Waals surface area contributed by atoms with Crippen LogP contribution in [-0.4, -0.2) is 29.5 Å². The number of hydrogen-bond donors (Lipinski definition) is 2. The van der Waals surface area contributed by atoms with Gasteiger partial charge in [-0.2, -0.15) is 0 Å². The Kier molecular flexibility index (Phi) is 1.87. The minimum atomic E-state index is -0.128. The van der Waals surface area contributed by atoms with Gasteiger partial charge in [0.2, 0.25) is 0 Å². The van der Waals surface area contributed by atoms with Crippen molar-refractivity contribution >= 4 is 16.8 Å². The lowest BCUT2D eigenvalue weighted by Gasteiger charge is -2.05. The van der Waals surface area contributed by atoms with E-state index in [1.165, 1.54) is 0 Å². The van der Waals surface area contributed by atoms with Gasteiger partial charge < -0.3 is 10.7 Å². The summed E-state index contributed by atoms with van der Waals surface area (Å²) in [5.41, 5.74) is 8.07. The van der Waals surface area contributed by atoms with Crippen molar-refractivity contribution in [3.8, 4) is 0 Å². The molecule has 3 aromatic heterocycles. The van der Waals surface area contributed by atoms with Crippen molar-refractivity contribution < 1.29 is 0 Å². The van der Waals surface area contributed by atoms with Gasteiger partial charge in [0.25, 0.3) is 0 Å². The van der Waals surface area contributed by atoms with Crippen LogP contribution >= 0.6 is 0 Å². The van der Waals surface area contributed by atoms with E-state index >= 15 is 0 Å². The highest BCUT2D eigenvalue weighted by molar-refractivity contribution is 5.84. The standard InChI is InChI=1S/C9H11N7/c1-2-5(10)8-14-15-9-6-7(12-3-11-6)13-4-16(8)9/h3-5H,2,10H2,1H3,(H,11,12). The van der Waals surface area contributed by atoms with Crippen LogP contribution < -0.4 is 5.73 Å². The lowest BCUT2D eigenvalue weighted by Crippen LogP contribution is -2.12. The molecule has 3 N–H and O–H groups in total. The zero-order valence-corrected chi connectivity index (χ0v) is 8.75. The van der Waals surface area contributed by atoms with Gasteiger partial charge >= 0.3 is 0 Å². The van der Waals surface area contributed by atoms with E-state index in [1.54, 1.807) is 17.1 Å². The highest BCUT2D eigenvalue weighted by Gasteiger charge is 2.14. The summed E-state index contributed by atoms with van der Waals surface area (Å²) in [6, 6.07) is -0.128. The van der Waals surface area contributed by atoms with Gasteiger partial charge in [0.05, 0.1) is 12.4 Å². The van der Waals surface area contributed by atoms with Gasteiger partial charge in [0.15, 0.2) is 17.1 Å². The minimum Gasteiger partial charge on any atom is -0.340 e. The molecule has 0 aliphatic heterocycles. The lowest BCUT2D eigenvalue weighted by atomic mass is 10.2. The maximum atomic E-state index is 5.95. The summed E-state index contributed by atoms with van der Waals surface area (Å²) in [4.78, 5) is 11.3. The van der Waals surface area contributed by atoms with Crippen molar-refractivity contribution in [3.05, 3.63) is 18.5 Å². The summed E-state index contributed by atoms with van der Waals surface area (Å²) < 4.78 is 1.80. The average Bonchev–Trinajstić information content (AvgIpc) is 2.92. The Balaban J connectivity index is 2.34. The molecule has 3 heterocycles. The van der Waals surface area contributed by atoms with Crippen molar-refractivity contribution in [2.24, 2.45) is 5.73 Å². The van der Waals surface area contributed by atoms with Gasteiger partial charge in [-0.1, -0.05) is 6.92 Å². The van der Waals surface area contributed by atoms with Crippen LogP contribution in [0.1, 0.15) is 25.2 Å². The molecule has 7 nitrogen and oxygen atoms in total. The van der Waals surface area contributed by atoms with E-state index in [-0.39, 0.29) is 6.04 Å². The number of rotatable bonds is 2. The maximum absolute atomic E-state index is 5.95. The molecule has 3 aromatic rings. The van der Waals surface area contributed by atoms with E-state index in [1.807, 2.05) is 6.92 Å². The third-order valence-electron chi connectivity index (χ3n) is 2.63. The Labute approximate surface area is 90.7 Å². The number of imidazole rings is 1. The van der Waals surface area contributed by atoms with Crippen molar-refractivity contribution in [1.82, 2.24) is 29.5 Å². The van der Waals surface area contributed by atoms with Gasteiger partial charge in [0, 0.05) is 0 Å². The lowest BCUT2D eigenvalue weighted by molar-refractivity contribution is 0.639. The van der Waals surface area contributed by atoms with E-state index in [2.05, 4.69) is 25.1 Å². The Morgan fingerprint density at radius 3 is 3.12 bits per heavy atom. The molecule has 0 spiro atoms. The van der Waals surface area contributed by atoms with Crippen LogP contribution in [0.4, 0.5) is 0 Å². The number of aromatic nitrogens is 6. The number of fused-ring (bicyclic) bond motifs is 3. The molecule has 0 amide bonds. The van der Waals surface area contributed by atoms with Crippen LogP contribution in [0, 0.1) is 0 Å². The molecule has 0 saturated heterocycles. The fraction of sp³-hybridized carbons (Fsp3) is 0.333. The van der Waals surface area contributed by atoms with Crippen LogP contribution in [0.5, 0.6) is 0 Å². The van der Waals surface area contributed by atoms with Gasteiger partial charge in [0.1, 0.15) is 11.8 Å². The largest absolute Gasteiger partial charge is 0.340 e. The second-order valence-corrected chi connectivity index (χ2v) is 3.61. The Morgan fingerprint density at radius 1 is 1.44 bits per heavy atom. The summed E-state index contributed by atoms with van der Waals surface area (Å²) >= 11 is 0. The van der Waals surface area contributed by atoms with Gasteiger partial charge in [-0.15, -0.1) is 10.2 Å². The van der Waals surface area contributed by atoms with Crippen molar-refractivity contribution in [2.75, 3.05) is 0 Å². The minimum absolute atomic E-state index is 0.128. The average molecular weight is 217 g/mol. The van der Waals surface area contributed by atoms with E-state index in [4.69, 9.17) is 5.73 Å². The molecule has 0 aromatic carbocycles. The number of nitrogens with one attached hydrogen (secondary N) is 1. The zero-order valence-electron chi connectivity index (χ0n) is 8.75. The smallest absolute Gasteiger partial charge is 0.189 e. The summed E-state index contributed by atoms with van der Waals surface area (Å²) in [7, 11) is 0. The second kappa shape index (κ2) is 3.24. The topological polar surface area (TPSA) is 97.8 Å². The molecule has 1 atom stereocenters. The van der Waals surface area contributed by atoms with Crippen molar-refractivity contribution in [2.45, 2.75) is 19.4 Å². The molecule has 0 aliphatic carbocycles.